The molecule has 0 saturated heterocycles. The zero-order valence-electron chi connectivity index (χ0n) is 9.77. The van der Waals surface area contributed by atoms with Gasteiger partial charge in [0.15, 0.2) is 5.82 Å². The zero-order chi connectivity index (χ0) is 13.1. The molecule has 2 aromatic rings. The molecule has 0 aliphatic carbocycles. The number of nitrogen functional groups attached to an aromatic ring is 1. The Morgan fingerprint density at radius 2 is 2.11 bits per heavy atom. The number of amides is 1. The quantitative estimate of drug-likeness (QED) is 0.853. The van der Waals surface area contributed by atoms with Gasteiger partial charge < -0.3 is 11.1 Å². The highest BCUT2D eigenvalue weighted by atomic mass is 19.1. The molecule has 5 heteroatoms. The van der Waals surface area contributed by atoms with Gasteiger partial charge in [-0.3, -0.25) is 4.79 Å². The van der Waals surface area contributed by atoms with Crippen molar-refractivity contribution in [3.8, 4) is 0 Å². The number of nitrogens with one attached hydrogen (secondary N) is 1. The van der Waals surface area contributed by atoms with Crippen LogP contribution in [0.2, 0.25) is 0 Å². The van der Waals surface area contributed by atoms with E-state index >= 15 is 0 Å². The standard InChI is InChI=1S/C13H12FN3O/c1-8-4-2-5-9(11(8)14)13(18)17-12-10(15)6-3-7-16-12/h2-7H,15H2,1H3,(H,16,17,18). The monoisotopic (exact) mass is 245 g/mol. The summed E-state index contributed by atoms with van der Waals surface area (Å²) in [6.45, 7) is 1.60. The molecular weight excluding hydrogens is 233 g/mol. The minimum absolute atomic E-state index is 0.0277. The number of pyridine rings is 1. The van der Waals surface area contributed by atoms with Gasteiger partial charge in [0.25, 0.3) is 5.91 Å². The topological polar surface area (TPSA) is 68.0 Å². The van der Waals surface area contributed by atoms with Gasteiger partial charge in [0.2, 0.25) is 0 Å². The Bertz CT molecular complexity index is 599. The second kappa shape index (κ2) is 4.83. The van der Waals surface area contributed by atoms with E-state index in [1.807, 2.05) is 0 Å². The molecule has 0 aliphatic heterocycles. The Hall–Kier alpha value is -2.43. The predicted octanol–water partition coefficient (Wildman–Crippen LogP) is 2.36. The van der Waals surface area contributed by atoms with Crippen molar-refractivity contribution < 1.29 is 9.18 Å². The molecule has 2 rings (SSSR count). The van der Waals surface area contributed by atoms with Crippen LogP contribution in [0.25, 0.3) is 0 Å². The lowest BCUT2D eigenvalue weighted by Gasteiger charge is -2.08. The lowest BCUT2D eigenvalue weighted by molar-refractivity contribution is 0.102. The first kappa shape index (κ1) is 12.0. The molecule has 0 radical (unpaired) electrons. The zero-order valence-corrected chi connectivity index (χ0v) is 9.77. The third kappa shape index (κ3) is 2.29. The van der Waals surface area contributed by atoms with Crippen molar-refractivity contribution >= 4 is 17.4 Å². The first-order valence-corrected chi connectivity index (χ1v) is 5.36. The molecular formula is C13H12FN3O. The van der Waals surface area contributed by atoms with Crippen LogP contribution in [0.15, 0.2) is 36.5 Å². The second-order valence-corrected chi connectivity index (χ2v) is 3.83. The number of aromatic nitrogens is 1. The van der Waals surface area contributed by atoms with Crippen molar-refractivity contribution in [3.63, 3.8) is 0 Å². The Kier molecular flexibility index (Phi) is 3.23. The van der Waals surface area contributed by atoms with Gasteiger partial charge in [-0.1, -0.05) is 12.1 Å². The van der Waals surface area contributed by atoms with Crippen molar-refractivity contribution in [2.45, 2.75) is 6.92 Å². The van der Waals surface area contributed by atoms with E-state index in [-0.39, 0.29) is 11.4 Å². The maximum Gasteiger partial charge on any atom is 0.259 e. The molecule has 0 spiro atoms. The third-order valence-corrected chi connectivity index (χ3v) is 2.51. The van der Waals surface area contributed by atoms with E-state index in [1.54, 1.807) is 31.2 Å². The fourth-order valence-electron chi connectivity index (χ4n) is 1.52. The minimum Gasteiger partial charge on any atom is -0.396 e. The largest absolute Gasteiger partial charge is 0.396 e. The van der Waals surface area contributed by atoms with E-state index in [0.29, 0.717) is 11.3 Å². The summed E-state index contributed by atoms with van der Waals surface area (Å²) in [5.74, 6) is -0.880. The number of carbonyl (C=O) groups excluding carboxylic acids is 1. The van der Waals surface area contributed by atoms with Crippen LogP contribution in [0.3, 0.4) is 0 Å². The van der Waals surface area contributed by atoms with Crippen LogP contribution in [0.1, 0.15) is 15.9 Å². The summed E-state index contributed by atoms with van der Waals surface area (Å²) in [5, 5.41) is 2.48. The number of rotatable bonds is 2. The van der Waals surface area contributed by atoms with Gasteiger partial charge in [-0.15, -0.1) is 0 Å². The molecule has 0 fully saturated rings. The molecule has 1 aromatic heterocycles. The number of anilines is 2. The average Bonchev–Trinajstić information content (AvgIpc) is 2.35. The Morgan fingerprint density at radius 3 is 2.83 bits per heavy atom. The summed E-state index contributed by atoms with van der Waals surface area (Å²) in [7, 11) is 0. The van der Waals surface area contributed by atoms with Gasteiger partial charge in [-0.25, -0.2) is 9.37 Å². The van der Waals surface area contributed by atoms with Crippen molar-refractivity contribution in [2.24, 2.45) is 0 Å². The molecule has 0 aliphatic rings. The first-order valence-electron chi connectivity index (χ1n) is 5.36. The van der Waals surface area contributed by atoms with E-state index < -0.39 is 11.7 Å². The van der Waals surface area contributed by atoms with Crippen LogP contribution in [-0.2, 0) is 0 Å². The van der Waals surface area contributed by atoms with Gasteiger partial charge in [-0.05, 0) is 30.7 Å². The third-order valence-electron chi connectivity index (χ3n) is 2.51. The Balaban J connectivity index is 2.28. The van der Waals surface area contributed by atoms with Crippen molar-refractivity contribution in [3.05, 3.63) is 53.5 Å². The van der Waals surface area contributed by atoms with Gasteiger partial charge in [-0.2, -0.15) is 0 Å². The summed E-state index contributed by atoms with van der Waals surface area (Å²) in [6, 6.07) is 7.89. The Labute approximate surface area is 104 Å². The highest BCUT2D eigenvalue weighted by Gasteiger charge is 2.14. The number of aryl methyl sites for hydroxylation is 1. The summed E-state index contributed by atoms with van der Waals surface area (Å²) >= 11 is 0. The van der Waals surface area contributed by atoms with E-state index in [1.165, 1.54) is 12.3 Å². The van der Waals surface area contributed by atoms with Gasteiger partial charge in [0.1, 0.15) is 5.82 Å². The predicted molar refractivity (Wildman–Crippen MR) is 67.7 cm³/mol. The maximum atomic E-state index is 13.7. The van der Waals surface area contributed by atoms with E-state index in [2.05, 4.69) is 10.3 Å². The number of halogens is 1. The minimum atomic E-state index is -0.568. The van der Waals surface area contributed by atoms with Crippen LogP contribution in [0.4, 0.5) is 15.9 Å². The van der Waals surface area contributed by atoms with Crippen LogP contribution in [0, 0.1) is 12.7 Å². The molecule has 3 N–H and O–H groups in total. The SMILES string of the molecule is Cc1cccc(C(=O)Nc2ncccc2N)c1F. The number of carbonyl (C=O) groups is 1. The average molecular weight is 245 g/mol. The number of nitrogens with zero attached hydrogens (tertiary/aromatic N) is 1. The molecule has 92 valence electrons. The van der Waals surface area contributed by atoms with Gasteiger partial charge >= 0.3 is 0 Å². The van der Waals surface area contributed by atoms with Crippen molar-refractivity contribution in [1.82, 2.24) is 4.98 Å². The number of benzene rings is 1. The molecule has 1 heterocycles. The van der Waals surface area contributed by atoms with Crippen LogP contribution in [-0.4, -0.2) is 10.9 Å². The molecule has 1 aromatic carbocycles. The summed E-state index contributed by atoms with van der Waals surface area (Å²) < 4.78 is 13.7. The highest BCUT2D eigenvalue weighted by molar-refractivity contribution is 6.05. The maximum absolute atomic E-state index is 13.7. The Morgan fingerprint density at radius 1 is 1.33 bits per heavy atom. The lowest BCUT2D eigenvalue weighted by atomic mass is 10.1. The number of hydrogen-bond acceptors (Lipinski definition) is 3. The number of hydrogen-bond donors (Lipinski definition) is 2. The van der Waals surface area contributed by atoms with Crippen molar-refractivity contribution in [2.75, 3.05) is 11.1 Å². The first-order chi connectivity index (χ1) is 8.59. The lowest BCUT2D eigenvalue weighted by Crippen LogP contribution is -2.16. The summed E-state index contributed by atoms with van der Waals surface area (Å²) in [4.78, 5) is 15.8. The highest BCUT2D eigenvalue weighted by Crippen LogP contribution is 2.17. The second-order valence-electron chi connectivity index (χ2n) is 3.83. The molecule has 0 bridgehead atoms. The molecule has 0 unspecified atom stereocenters. The molecule has 1 amide bonds. The number of nitrogens with two attached hydrogens (primary N) is 1. The summed E-state index contributed by atoms with van der Waals surface area (Å²) in [6.07, 6.45) is 1.50. The summed E-state index contributed by atoms with van der Waals surface area (Å²) in [5.41, 5.74) is 6.36. The van der Waals surface area contributed by atoms with E-state index in [4.69, 9.17) is 5.73 Å². The van der Waals surface area contributed by atoms with Crippen molar-refractivity contribution in [1.29, 1.82) is 0 Å². The van der Waals surface area contributed by atoms with E-state index in [9.17, 15) is 9.18 Å². The molecule has 4 nitrogen and oxygen atoms in total. The fourth-order valence-corrected chi connectivity index (χ4v) is 1.52. The fraction of sp³-hybridized carbons (Fsp3) is 0.0769. The van der Waals surface area contributed by atoms with Crippen LogP contribution < -0.4 is 11.1 Å². The molecule has 18 heavy (non-hydrogen) atoms. The van der Waals surface area contributed by atoms with Crippen LogP contribution in [0.5, 0.6) is 0 Å². The smallest absolute Gasteiger partial charge is 0.259 e. The molecule has 0 saturated carbocycles. The van der Waals surface area contributed by atoms with E-state index in [0.717, 1.165) is 0 Å². The van der Waals surface area contributed by atoms with Gasteiger partial charge in [0.05, 0.1) is 11.3 Å². The molecule has 0 atom stereocenters. The normalized spacial score (nSPS) is 10.1. The van der Waals surface area contributed by atoms with Gasteiger partial charge in [0, 0.05) is 6.20 Å². The van der Waals surface area contributed by atoms with Crippen LogP contribution >= 0.6 is 0 Å².